The first-order chi connectivity index (χ1) is 15.5. The Hall–Kier alpha value is -2.61. The topological polar surface area (TPSA) is 85.4 Å². The van der Waals surface area contributed by atoms with E-state index in [4.69, 9.17) is 14.2 Å². The number of likely N-dealkylation sites (tertiary alicyclic amines) is 1. The lowest BCUT2D eigenvalue weighted by Crippen LogP contribution is -2.53. The maximum Gasteiger partial charge on any atom is 0.417 e. The molecule has 0 N–H and O–H groups in total. The minimum atomic E-state index is -0.652. The Morgan fingerprint density at radius 1 is 1.15 bits per heavy atom. The van der Waals surface area contributed by atoms with E-state index in [9.17, 15) is 14.4 Å². The lowest BCUT2D eigenvalue weighted by Gasteiger charge is -2.37. The van der Waals surface area contributed by atoms with Crippen LogP contribution in [0.5, 0.6) is 0 Å². The van der Waals surface area contributed by atoms with Crippen LogP contribution in [0.1, 0.15) is 59.1 Å². The highest BCUT2D eigenvalue weighted by atomic mass is 16.6. The van der Waals surface area contributed by atoms with Crippen molar-refractivity contribution in [2.75, 3.05) is 7.11 Å². The number of piperidine rings is 1. The van der Waals surface area contributed by atoms with Gasteiger partial charge < -0.3 is 14.2 Å². The van der Waals surface area contributed by atoms with Gasteiger partial charge in [0.05, 0.1) is 24.1 Å². The average molecular weight is 459 g/mol. The molecule has 2 heterocycles. The van der Waals surface area contributed by atoms with Gasteiger partial charge in [-0.15, -0.1) is 0 Å². The van der Waals surface area contributed by atoms with Crippen LogP contribution in [0, 0.1) is 11.8 Å². The standard InChI is InChI=1S/C25H34N2O6/c1-14(22(28)26-15(2)21(32-23(26)29)16-10-8-7-9-11-16)20(31-6)19-13-17-12-18(17)27(19)24(30)33-25(3,4)5/h7-11,14-15,17-21H,12-13H2,1-6H3/t14-,15-,17?,18?,19?,20-,21-/m1/s1. The van der Waals surface area contributed by atoms with E-state index in [1.54, 1.807) is 18.9 Å². The van der Waals surface area contributed by atoms with Crippen LogP contribution in [-0.4, -0.2) is 64.8 Å². The summed E-state index contributed by atoms with van der Waals surface area (Å²) in [4.78, 5) is 42.1. The van der Waals surface area contributed by atoms with Crippen LogP contribution >= 0.6 is 0 Å². The van der Waals surface area contributed by atoms with Crippen molar-refractivity contribution in [3.05, 3.63) is 35.9 Å². The molecule has 1 saturated carbocycles. The molecule has 8 heteroatoms. The van der Waals surface area contributed by atoms with Gasteiger partial charge in [0.1, 0.15) is 11.7 Å². The molecule has 4 rings (SSSR count). The Kier molecular flexibility index (Phi) is 6.16. The summed E-state index contributed by atoms with van der Waals surface area (Å²) in [6.45, 7) is 9.08. The number of carbonyl (C=O) groups is 3. The minimum Gasteiger partial charge on any atom is -0.444 e. The van der Waals surface area contributed by atoms with Crippen molar-refractivity contribution < 1.29 is 28.6 Å². The summed E-state index contributed by atoms with van der Waals surface area (Å²) >= 11 is 0. The minimum absolute atomic E-state index is 0.128. The summed E-state index contributed by atoms with van der Waals surface area (Å²) in [5, 5.41) is 0. The largest absolute Gasteiger partial charge is 0.444 e. The fraction of sp³-hybridized carbons (Fsp3) is 0.640. The number of carbonyl (C=O) groups excluding carboxylic acids is 3. The van der Waals surface area contributed by atoms with Gasteiger partial charge in [0.15, 0.2) is 0 Å². The molecular formula is C25H34N2O6. The maximum atomic E-state index is 13.5. The lowest BCUT2D eigenvalue weighted by atomic mass is 9.92. The van der Waals surface area contributed by atoms with Crippen molar-refractivity contribution in [1.29, 1.82) is 0 Å². The molecule has 3 amide bonds. The SMILES string of the molecule is CO[C@@H](C1CC2CC2N1C(=O)OC(C)(C)C)[C@@H](C)C(=O)N1C(=O)O[C@@H](c2ccccc2)[C@H]1C. The van der Waals surface area contributed by atoms with Gasteiger partial charge >= 0.3 is 12.2 Å². The van der Waals surface area contributed by atoms with E-state index in [1.165, 1.54) is 4.90 Å². The molecule has 180 valence electrons. The number of rotatable bonds is 5. The van der Waals surface area contributed by atoms with Gasteiger partial charge in [-0.05, 0) is 52.0 Å². The van der Waals surface area contributed by atoms with Crippen LogP contribution < -0.4 is 0 Å². The molecule has 3 unspecified atom stereocenters. The fourth-order valence-electron chi connectivity index (χ4n) is 5.27. The van der Waals surface area contributed by atoms with Crippen molar-refractivity contribution in [2.24, 2.45) is 11.8 Å². The maximum absolute atomic E-state index is 13.5. The second-order valence-corrected chi connectivity index (χ2v) is 10.4. The van der Waals surface area contributed by atoms with Gasteiger partial charge in [0.2, 0.25) is 5.91 Å². The Morgan fingerprint density at radius 3 is 2.42 bits per heavy atom. The smallest absolute Gasteiger partial charge is 0.417 e. The molecule has 7 atom stereocenters. The van der Waals surface area contributed by atoms with Gasteiger partial charge in [-0.1, -0.05) is 37.3 Å². The summed E-state index contributed by atoms with van der Waals surface area (Å²) in [5.74, 6) is -0.602. The molecule has 3 fully saturated rings. The van der Waals surface area contributed by atoms with Crippen LogP contribution in [0.2, 0.25) is 0 Å². The number of cyclic esters (lactones) is 1. The summed E-state index contributed by atoms with van der Waals surface area (Å²) < 4.78 is 17.0. The molecule has 33 heavy (non-hydrogen) atoms. The normalized spacial score (nSPS) is 30.5. The molecule has 1 aromatic carbocycles. The zero-order valence-electron chi connectivity index (χ0n) is 20.2. The molecular weight excluding hydrogens is 424 g/mol. The van der Waals surface area contributed by atoms with Gasteiger partial charge in [-0.25, -0.2) is 14.5 Å². The molecule has 0 radical (unpaired) electrons. The van der Waals surface area contributed by atoms with E-state index in [1.807, 2.05) is 58.0 Å². The predicted octanol–water partition coefficient (Wildman–Crippen LogP) is 4.14. The third-order valence-corrected chi connectivity index (χ3v) is 6.92. The molecule has 0 aromatic heterocycles. The second-order valence-electron chi connectivity index (χ2n) is 10.4. The quantitative estimate of drug-likeness (QED) is 0.659. The highest BCUT2D eigenvalue weighted by Crippen LogP contribution is 2.50. The van der Waals surface area contributed by atoms with E-state index in [0.29, 0.717) is 5.92 Å². The first-order valence-corrected chi connectivity index (χ1v) is 11.7. The van der Waals surface area contributed by atoms with Crippen LogP contribution in [-0.2, 0) is 19.0 Å². The number of imide groups is 1. The number of hydrogen-bond acceptors (Lipinski definition) is 6. The number of nitrogens with zero attached hydrogens (tertiary/aromatic N) is 2. The van der Waals surface area contributed by atoms with Crippen molar-refractivity contribution in [3.63, 3.8) is 0 Å². The second kappa shape index (κ2) is 8.63. The lowest BCUT2D eigenvalue weighted by molar-refractivity contribution is -0.139. The number of fused-ring (bicyclic) bond motifs is 1. The Morgan fingerprint density at radius 2 is 1.82 bits per heavy atom. The Labute approximate surface area is 195 Å². The van der Waals surface area contributed by atoms with Gasteiger partial charge in [0, 0.05) is 13.2 Å². The molecule has 0 spiro atoms. The number of hydrogen-bond donors (Lipinski definition) is 0. The van der Waals surface area contributed by atoms with E-state index in [0.717, 1.165) is 18.4 Å². The Bertz CT molecular complexity index is 913. The fourth-order valence-corrected chi connectivity index (χ4v) is 5.27. The van der Waals surface area contributed by atoms with Gasteiger partial charge in [-0.2, -0.15) is 0 Å². The number of ether oxygens (including phenoxy) is 3. The van der Waals surface area contributed by atoms with E-state index in [-0.39, 0.29) is 24.1 Å². The van der Waals surface area contributed by atoms with E-state index >= 15 is 0 Å². The molecule has 2 saturated heterocycles. The van der Waals surface area contributed by atoms with Gasteiger partial charge in [0.25, 0.3) is 0 Å². The van der Waals surface area contributed by atoms with Crippen LogP contribution in [0.4, 0.5) is 9.59 Å². The predicted molar refractivity (Wildman–Crippen MR) is 120 cm³/mol. The van der Waals surface area contributed by atoms with Crippen molar-refractivity contribution in [1.82, 2.24) is 9.80 Å². The monoisotopic (exact) mass is 458 g/mol. The van der Waals surface area contributed by atoms with Crippen LogP contribution in [0.15, 0.2) is 30.3 Å². The highest BCUT2D eigenvalue weighted by Gasteiger charge is 2.58. The third-order valence-electron chi connectivity index (χ3n) is 6.92. The summed E-state index contributed by atoms with van der Waals surface area (Å²) in [7, 11) is 1.55. The first-order valence-electron chi connectivity index (χ1n) is 11.7. The van der Waals surface area contributed by atoms with Crippen LogP contribution in [0.25, 0.3) is 0 Å². The number of amides is 3. The summed E-state index contributed by atoms with van der Waals surface area (Å²) in [6, 6.07) is 8.80. The van der Waals surface area contributed by atoms with E-state index < -0.39 is 35.9 Å². The highest BCUT2D eigenvalue weighted by molar-refractivity contribution is 5.95. The van der Waals surface area contributed by atoms with Crippen molar-refractivity contribution in [3.8, 4) is 0 Å². The molecule has 8 nitrogen and oxygen atoms in total. The molecule has 0 bridgehead atoms. The zero-order chi connectivity index (χ0) is 24.1. The average Bonchev–Trinajstić information content (AvgIpc) is 3.30. The Balaban J connectivity index is 1.51. The molecule has 1 aliphatic carbocycles. The summed E-state index contributed by atoms with van der Waals surface area (Å²) in [6.07, 6.45) is -0.407. The summed E-state index contributed by atoms with van der Waals surface area (Å²) in [5.41, 5.74) is 0.233. The number of benzene rings is 1. The number of methoxy groups -OCH3 is 1. The third kappa shape index (κ3) is 4.45. The zero-order valence-corrected chi connectivity index (χ0v) is 20.2. The van der Waals surface area contributed by atoms with Crippen LogP contribution in [0.3, 0.4) is 0 Å². The molecule has 2 aliphatic heterocycles. The molecule has 3 aliphatic rings. The molecule has 1 aromatic rings. The van der Waals surface area contributed by atoms with Crippen molar-refractivity contribution >= 4 is 18.1 Å². The van der Waals surface area contributed by atoms with Gasteiger partial charge in [-0.3, -0.25) is 9.69 Å². The first kappa shape index (κ1) is 23.5. The van der Waals surface area contributed by atoms with Crippen molar-refractivity contribution in [2.45, 2.75) is 83.4 Å². The van der Waals surface area contributed by atoms with E-state index in [2.05, 4.69) is 0 Å².